The summed E-state index contributed by atoms with van der Waals surface area (Å²) in [5.74, 6) is 0.984. The standard InChI is InChI=1S/C27H33BN3O8PS/c1-28(34)31(41(36,37)25-16-14-24(15-17-25)39-23-12-8-5-9-13-23)19-22(18-29-27(33)40(2,3)35)30-26(32)38-20-21-10-6-4-7-11-21/h4-17,22,34H,18-20H2,1-3H3,(H,29,33)(H,30,32)/t22-/m0/s1. The summed E-state index contributed by atoms with van der Waals surface area (Å²) >= 11 is 0. The number of carbonyl (C=O) groups excluding carboxylic acids is 2. The quantitative estimate of drug-likeness (QED) is 0.195. The Labute approximate surface area is 240 Å². The molecule has 0 aromatic heterocycles. The minimum atomic E-state index is -4.27. The first-order chi connectivity index (χ1) is 19.4. The second kappa shape index (κ2) is 14.3. The van der Waals surface area contributed by atoms with E-state index < -0.39 is 48.5 Å². The Bertz CT molecular complexity index is 1450. The molecule has 0 aliphatic heterocycles. The van der Waals surface area contributed by atoms with Crippen LogP contribution in [0.5, 0.6) is 11.5 Å². The average molecular weight is 601 g/mol. The maximum Gasteiger partial charge on any atom is 0.407 e. The number of amides is 2. The number of hydrogen-bond donors (Lipinski definition) is 3. The Balaban J connectivity index is 1.77. The fourth-order valence-electron chi connectivity index (χ4n) is 3.60. The van der Waals surface area contributed by atoms with Gasteiger partial charge in [0.15, 0.2) is 7.14 Å². The molecule has 0 saturated carbocycles. The fraction of sp³-hybridized carbons (Fsp3) is 0.259. The predicted octanol–water partition coefficient (Wildman–Crippen LogP) is 4.21. The number of nitrogens with zero attached hydrogens (tertiary/aromatic N) is 1. The van der Waals surface area contributed by atoms with Crippen molar-refractivity contribution in [3.63, 3.8) is 0 Å². The molecular formula is C27H33BN3O8PS. The lowest BCUT2D eigenvalue weighted by atomic mass is 9.88. The van der Waals surface area contributed by atoms with E-state index in [1.54, 1.807) is 48.5 Å². The van der Waals surface area contributed by atoms with E-state index in [4.69, 9.17) is 9.47 Å². The number of benzene rings is 3. The first kappa shape index (κ1) is 31.9. The third kappa shape index (κ3) is 9.75. The molecule has 11 nitrogen and oxygen atoms in total. The Morgan fingerprint density at radius 3 is 2.07 bits per heavy atom. The second-order valence-corrected chi connectivity index (χ2v) is 14.5. The van der Waals surface area contributed by atoms with Crippen molar-refractivity contribution in [3.05, 3.63) is 90.5 Å². The molecule has 2 amide bonds. The molecule has 0 aliphatic carbocycles. The van der Waals surface area contributed by atoms with Crippen molar-refractivity contribution >= 4 is 36.0 Å². The molecule has 3 aromatic carbocycles. The minimum absolute atomic E-state index is 0.0410. The highest BCUT2D eigenvalue weighted by atomic mass is 32.2. The average Bonchev–Trinajstić information content (AvgIpc) is 2.93. The van der Waals surface area contributed by atoms with E-state index in [-0.39, 0.29) is 18.0 Å². The zero-order valence-electron chi connectivity index (χ0n) is 23.0. The highest BCUT2D eigenvalue weighted by Crippen LogP contribution is 2.36. The van der Waals surface area contributed by atoms with Crippen LogP contribution in [-0.4, -0.2) is 68.9 Å². The van der Waals surface area contributed by atoms with Gasteiger partial charge in [-0.3, -0.25) is 4.79 Å². The van der Waals surface area contributed by atoms with Gasteiger partial charge in [0.2, 0.25) is 10.0 Å². The molecule has 14 heteroatoms. The first-order valence-corrected chi connectivity index (χ1v) is 16.7. The Morgan fingerprint density at radius 1 is 0.951 bits per heavy atom. The van der Waals surface area contributed by atoms with Crippen molar-refractivity contribution in [2.75, 3.05) is 26.4 Å². The van der Waals surface area contributed by atoms with Crippen LogP contribution < -0.4 is 15.4 Å². The van der Waals surface area contributed by atoms with Crippen LogP contribution in [0.25, 0.3) is 0 Å². The summed E-state index contributed by atoms with van der Waals surface area (Å²) < 4.78 is 50.9. The van der Waals surface area contributed by atoms with E-state index in [9.17, 15) is 27.6 Å². The van der Waals surface area contributed by atoms with E-state index in [0.717, 1.165) is 9.78 Å². The normalized spacial score (nSPS) is 12.3. The van der Waals surface area contributed by atoms with Crippen molar-refractivity contribution in [2.24, 2.45) is 0 Å². The van der Waals surface area contributed by atoms with Crippen molar-refractivity contribution in [1.82, 2.24) is 14.8 Å². The highest BCUT2D eigenvalue weighted by molar-refractivity contribution is 7.90. The largest absolute Gasteiger partial charge is 0.457 e. The molecule has 0 radical (unpaired) electrons. The molecule has 0 spiro atoms. The van der Waals surface area contributed by atoms with E-state index >= 15 is 0 Å². The Hall–Kier alpha value is -3.64. The SMILES string of the molecule is CB(O)N(C[C@H](CNC(=O)P(C)(C)=O)NC(=O)OCc1ccccc1)S(=O)(=O)c1ccc(Oc2ccccc2)cc1. The predicted molar refractivity (Wildman–Crippen MR) is 157 cm³/mol. The summed E-state index contributed by atoms with van der Waals surface area (Å²) in [6.45, 7) is 3.10. The van der Waals surface area contributed by atoms with Gasteiger partial charge < -0.3 is 29.7 Å². The summed E-state index contributed by atoms with van der Waals surface area (Å²) in [5, 5.41) is 15.5. The number of nitrogens with one attached hydrogen (secondary N) is 2. The molecule has 1 atom stereocenters. The van der Waals surface area contributed by atoms with Gasteiger partial charge in [0.25, 0.3) is 5.65 Å². The maximum absolute atomic E-state index is 13.5. The summed E-state index contributed by atoms with van der Waals surface area (Å²) in [6.07, 6.45) is -0.866. The zero-order valence-corrected chi connectivity index (χ0v) is 24.7. The summed E-state index contributed by atoms with van der Waals surface area (Å²) in [7, 11) is -8.92. The molecule has 0 bridgehead atoms. The summed E-state index contributed by atoms with van der Waals surface area (Å²) in [4.78, 5) is 24.7. The fourth-order valence-corrected chi connectivity index (χ4v) is 5.60. The number of ether oxygens (including phenoxy) is 2. The molecule has 3 rings (SSSR count). The van der Waals surface area contributed by atoms with E-state index in [0.29, 0.717) is 11.5 Å². The van der Waals surface area contributed by atoms with Crippen LogP contribution in [0, 0.1) is 0 Å². The van der Waals surface area contributed by atoms with Gasteiger partial charge in [-0.2, -0.15) is 0 Å². The van der Waals surface area contributed by atoms with Gasteiger partial charge in [0, 0.05) is 13.1 Å². The molecule has 0 aliphatic rings. The van der Waals surface area contributed by atoms with Crippen molar-refractivity contribution in [1.29, 1.82) is 0 Å². The molecule has 41 heavy (non-hydrogen) atoms. The third-order valence-electron chi connectivity index (χ3n) is 5.75. The number of carbonyl (C=O) groups is 2. The lowest BCUT2D eigenvalue weighted by molar-refractivity contribution is 0.134. The van der Waals surface area contributed by atoms with Crippen LogP contribution in [0.15, 0.2) is 89.8 Å². The van der Waals surface area contributed by atoms with E-state index in [1.165, 1.54) is 44.4 Å². The summed E-state index contributed by atoms with van der Waals surface area (Å²) in [5.41, 5.74) is 0.000643. The lowest BCUT2D eigenvalue weighted by Gasteiger charge is -2.28. The summed E-state index contributed by atoms with van der Waals surface area (Å²) in [6, 6.07) is 22.5. The van der Waals surface area contributed by atoms with Gasteiger partial charge in [-0.15, -0.1) is 0 Å². The number of sulfonamides is 1. The molecular weight excluding hydrogens is 568 g/mol. The minimum Gasteiger partial charge on any atom is -0.457 e. The number of alkyl carbamates (subject to hydrolysis) is 1. The van der Waals surface area contributed by atoms with Crippen LogP contribution in [0.1, 0.15) is 5.56 Å². The van der Waals surface area contributed by atoms with Crippen LogP contribution in [0.2, 0.25) is 6.82 Å². The molecule has 0 saturated heterocycles. The molecule has 218 valence electrons. The zero-order chi connectivity index (χ0) is 30.0. The van der Waals surface area contributed by atoms with Crippen LogP contribution in [0.4, 0.5) is 9.59 Å². The topological polar surface area (TPSA) is 151 Å². The molecule has 3 aromatic rings. The first-order valence-electron chi connectivity index (χ1n) is 12.7. The van der Waals surface area contributed by atoms with Crippen LogP contribution in [0.3, 0.4) is 0 Å². The van der Waals surface area contributed by atoms with Gasteiger partial charge in [-0.05, 0) is 62.1 Å². The van der Waals surface area contributed by atoms with Gasteiger partial charge in [0.1, 0.15) is 18.1 Å². The van der Waals surface area contributed by atoms with Gasteiger partial charge >= 0.3 is 13.1 Å². The smallest absolute Gasteiger partial charge is 0.407 e. The van der Waals surface area contributed by atoms with Crippen molar-refractivity contribution in [2.45, 2.75) is 24.4 Å². The monoisotopic (exact) mass is 601 g/mol. The number of rotatable bonds is 13. The molecule has 0 fully saturated rings. The van der Waals surface area contributed by atoms with Gasteiger partial charge in [0.05, 0.1) is 10.9 Å². The van der Waals surface area contributed by atoms with Gasteiger partial charge in [-0.25, -0.2) is 17.4 Å². The van der Waals surface area contributed by atoms with Crippen LogP contribution >= 0.6 is 7.14 Å². The lowest BCUT2D eigenvalue weighted by Crippen LogP contribution is -2.54. The number of para-hydroxylation sites is 1. The molecule has 0 heterocycles. The molecule has 3 N–H and O–H groups in total. The van der Waals surface area contributed by atoms with Crippen molar-refractivity contribution < 1.29 is 37.1 Å². The third-order valence-corrected chi connectivity index (χ3v) is 8.83. The maximum atomic E-state index is 13.5. The van der Waals surface area contributed by atoms with Crippen molar-refractivity contribution in [3.8, 4) is 11.5 Å². The Morgan fingerprint density at radius 2 is 1.51 bits per heavy atom. The highest BCUT2D eigenvalue weighted by Gasteiger charge is 2.34. The van der Waals surface area contributed by atoms with Crippen LogP contribution in [-0.2, 0) is 25.9 Å². The second-order valence-electron chi connectivity index (χ2n) is 9.53. The van der Waals surface area contributed by atoms with E-state index in [2.05, 4.69) is 10.6 Å². The Kier molecular flexibility index (Phi) is 11.1. The van der Waals surface area contributed by atoms with E-state index in [1.807, 2.05) is 12.1 Å². The molecule has 0 unspecified atom stereocenters. The number of hydrogen-bond acceptors (Lipinski definition) is 8. The van der Waals surface area contributed by atoms with Gasteiger partial charge in [-0.1, -0.05) is 48.5 Å².